The van der Waals surface area contributed by atoms with Gasteiger partial charge in [0, 0.05) is 30.0 Å². The third-order valence-electron chi connectivity index (χ3n) is 5.53. The Morgan fingerprint density at radius 3 is 2.51 bits per heavy atom. The summed E-state index contributed by atoms with van der Waals surface area (Å²) in [5.74, 6) is -3.93. The van der Waals surface area contributed by atoms with Crippen LogP contribution in [-0.2, 0) is 25.6 Å². The standard InChI is InChI=1S/C25H25ClFN3O5/c26-18-10-16(11-19(27)14-18)6-7-22(31)29-20(12-15-4-2-1-3-5-15)24(33)30-21(25(34)35)13-17-8-9-28-23(17)32/h1-7,10-11,14,17,20-21H,8-9,12-13H2,(H,28,32)(H,29,31)(H,30,33)(H,34,35)/b7-6+/t17-,20-,21-/m0/s1. The summed E-state index contributed by atoms with van der Waals surface area (Å²) < 4.78 is 13.5. The van der Waals surface area contributed by atoms with Crippen LogP contribution < -0.4 is 16.0 Å². The van der Waals surface area contributed by atoms with Crippen LogP contribution in [0.15, 0.2) is 54.6 Å². The first-order valence-electron chi connectivity index (χ1n) is 11.0. The van der Waals surface area contributed by atoms with Crippen molar-refractivity contribution in [3.8, 4) is 0 Å². The lowest BCUT2D eigenvalue weighted by Gasteiger charge is -2.22. The third-order valence-corrected chi connectivity index (χ3v) is 5.74. The van der Waals surface area contributed by atoms with Crippen LogP contribution in [0.25, 0.3) is 6.08 Å². The maximum Gasteiger partial charge on any atom is 0.326 e. The van der Waals surface area contributed by atoms with Gasteiger partial charge in [-0.15, -0.1) is 0 Å². The van der Waals surface area contributed by atoms with Gasteiger partial charge in [-0.3, -0.25) is 14.4 Å². The molecule has 8 nitrogen and oxygen atoms in total. The second kappa shape index (κ2) is 12.1. The van der Waals surface area contributed by atoms with Crippen molar-refractivity contribution in [1.29, 1.82) is 0 Å². The fourth-order valence-electron chi connectivity index (χ4n) is 3.77. The average molecular weight is 502 g/mol. The minimum absolute atomic E-state index is 0.0564. The molecule has 3 atom stereocenters. The summed E-state index contributed by atoms with van der Waals surface area (Å²) in [4.78, 5) is 49.2. The highest BCUT2D eigenvalue weighted by Gasteiger charge is 2.33. The van der Waals surface area contributed by atoms with Crippen LogP contribution in [0.5, 0.6) is 0 Å². The lowest BCUT2D eigenvalue weighted by Crippen LogP contribution is -2.52. The van der Waals surface area contributed by atoms with E-state index in [1.807, 2.05) is 0 Å². The van der Waals surface area contributed by atoms with Crippen molar-refractivity contribution < 1.29 is 28.7 Å². The van der Waals surface area contributed by atoms with Crippen LogP contribution in [0.2, 0.25) is 5.02 Å². The maximum atomic E-state index is 13.5. The quantitative estimate of drug-likeness (QED) is 0.372. The lowest BCUT2D eigenvalue weighted by molar-refractivity contribution is -0.143. The Morgan fingerprint density at radius 1 is 1.14 bits per heavy atom. The number of aliphatic carboxylic acids is 1. The molecule has 0 bridgehead atoms. The predicted molar refractivity (Wildman–Crippen MR) is 128 cm³/mol. The average Bonchev–Trinajstić information content (AvgIpc) is 3.21. The van der Waals surface area contributed by atoms with E-state index in [0.29, 0.717) is 18.5 Å². The van der Waals surface area contributed by atoms with Gasteiger partial charge in [0.25, 0.3) is 0 Å². The normalized spacial score (nSPS) is 17.0. The van der Waals surface area contributed by atoms with E-state index in [4.69, 9.17) is 11.6 Å². The number of benzene rings is 2. The zero-order valence-electron chi connectivity index (χ0n) is 18.7. The molecule has 2 aromatic carbocycles. The molecule has 0 spiro atoms. The molecule has 4 N–H and O–H groups in total. The van der Waals surface area contributed by atoms with Gasteiger partial charge in [-0.1, -0.05) is 41.9 Å². The number of halogens is 2. The maximum absolute atomic E-state index is 13.5. The van der Waals surface area contributed by atoms with E-state index in [1.165, 1.54) is 18.2 Å². The van der Waals surface area contributed by atoms with Gasteiger partial charge in [0.2, 0.25) is 17.7 Å². The van der Waals surface area contributed by atoms with E-state index < -0.39 is 41.6 Å². The van der Waals surface area contributed by atoms with Crippen molar-refractivity contribution in [1.82, 2.24) is 16.0 Å². The molecule has 1 aliphatic heterocycles. The Hall–Kier alpha value is -3.72. The van der Waals surface area contributed by atoms with Crippen molar-refractivity contribution in [2.75, 3.05) is 6.54 Å². The summed E-state index contributed by atoms with van der Waals surface area (Å²) in [7, 11) is 0. The number of carboxylic acid groups (broad SMARTS) is 1. The molecule has 1 heterocycles. The number of hydrogen-bond donors (Lipinski definition) is 4. The third kappa shape index (κ3) is 7.92. The van der Waals surface area contributed by atoms with Crippen LogP contribution in [0, 0.1) is 11.7 Å². The van der Waals surface area contributed by atoms with E-state index in [1.54, 1.807) is 30.3 Å². The Kier molecular flexibility index (Phi) is 8.97. The van der Waals surface area contributed by atoms with Crippen molar-refractivity contribution in [2.45, 2.75) is 31.3 Å². The van der Waals surface area contributed by atoms with Crippen LogP contribution in [0.3, 0.4) is 0 Å². The number of carbonyl (C=O) groups excluding carboxylic acids is 3. The molecule has 1 saturated heterocycles. The van der Waals surface area contributed by atoms with Gasteiger partial charge in [-0.2, -0.15) is 0 Å². The van der Waals surface area contributed by atoms with Gasteiger partial charge < -0.3 is 21.1 Å². The molecule has 0 aromatic heterocycles. The minimum atomic E-state index is -1.29. The topological polar surface area (TPSA) is 125 Å². The lowest BCUT2D eigenvalue weighted by atomic mass is 9.97. The summed E-state index contributed by atoms with van der Waals surface area (Å²) in [6.45, 7) is 0.458. The zero-order chi connectivity index (χ0) is 25.4. The summed E-state index contributed by atoms with van der Waals surface area (Å²) in [5, 5.41) is 17.4. The van der Waals surface area contributed by atoms with Crippen molar-refractivity contribution in [2.24, 2.45) is 5.92 Å². The minimum Gasteiger partial charge on any atom is -0.480 e. The van der Waals surface area contributed by atoms with Gasteiger partial charge in [0.15, 0.2) is 0 Å². The van der Waals surface area contributed by atoms with Gasteiger partial charge in [0.1, 0.15) is 17.9 Å². The molecule has 1 fully saturated rings. The first-order valence-corrected chi connectivity index (χ1v) is 11.4. The zero-order valence-corrected chi connectivity index (χ0v) is 19.4. The number of hydrogen-bond acceptors (Lipinski definition) is 4. The van der Waals surface area contributed by atoms with Crippen LogP contribution in [0.1, 0.15) is 24.0 Å². The second-order valence-corrected chi connectivity index (χ2v) is 8.64. The first kappa shape index (κ1) is 25.9. The van der Waals surface area contributed by atoms with E-state index in [9.17, 15) is 28.7 Å². The molecular formula is C25H25ClFN3O5. The van der Waals surface area contributed by atoms with Crippen molar-refractivity contribution >= 4 is 41.4 Å². The first-order chi connectivity index (χ1) is 16.7. The smallest absolute Gasteiger partial charge is 0.326 e. The number of carbonyl (C=O) groups is 4. The molecule has 184 valence electrons. The molecule has 0 unspecified atom stereocenters. The fraction of sp³-hybridized carbons (Fsp3) is 0.280. The van der Waals surface area contributed by atoms with Gasteiger partial charge in [-0.05, 0) is 48.2 Å². The van der Waals surface area contributed by atoms with E-state index in [2.05, 4.69) is 16.0 Å². The predicted octanol–water partition coefficient (Wildman–Crippen LogP) is 2.32. The highest BCUT2D eigenvalue weighted by atomic mass is 35.5. The second-order valence-electron chi connectivity index (χ2n) is 8.20. The van der Waals surface area contributed by atoms with Crippen LogP contribution in [-0.4, -0.2) is 47.4 Å². The van der Waals surface area contributed by atoms with Gasteiger partial charge >= 0.3 is 5.97 Å². The molecule has 3 rings (SSSR count). The Bertz CT molecular complexity index is 1110. The molecule has 2 aromatic rings. The molecule has 35 heavy (non-hydrogen) atoms. The van der Waals surface area contributed by atoms with Gasteiger partial charge in [0.05, 0.1) is 0 Å². The van der Waals surface area contributed by atoms with E-state index >= 15 is 0 Å². The number of rotatable bonds is 10. The van der Waals surface area contributed by atoms with Crippen molar-refractivity contribution in [3.05, 3.63) is 76.6 Å². The molecular weight excluding hydrogens is 477 g/mol. The summed E-state index contributed by atoms with van der Waals surface area (Å²) in [5.41, 5.74) is 1.10. The van der Waals surface area contributed by atoms with Crippen LogP contribution >= 0.6 is 11.6 Å². The molecule has 0 radical (unpaired) electrons. The van der Waals surface area contributed by atoms with Crippen LogP contribution in [0.4, 0.5) is 4.39 Å². The van der Waals surface area contributed by atoms with E-state index in [0.717, 1.165) is 17.7 Å². The van der Waals surface area contributed by atoms with Gasteiger partial charge in [-0.25, -0.2) is 9.18 Å². The Balaban J connectivity index is 1.72. The van der Waals surface area contributed by atoms with Crippen molar-refractivity contribution in [3.63, 3.8) is 0 Å². The molecule has 10 heteroatoms. The number of carboxylic acids is 1. The highest BCUT2D eigenvalue weighted by Crippen LogP contribution is 2.17. The molecule has 1 aliphatic rings. The SMILES string of the molecule is O=C(/C=C/c1cc(F)cc(Cl)c1)N[C@@H](Cc1ccccc1)C(=O)N[C@@H](C[C@@H]1CCNC1=O)C(=O)O. The summed E-state index contributed by atoms with van der Waals surface area (Å²) in [6, 6.07) is 10.3. The summed E-state index contributed by atoms with van der Waals surface area (Å²) >= 11 is 5.83. The number of amides is 3. The Morgan fingerprint density at radius 2 is 1.89 bits per heavy atom. The number of nitrogens with one attached hydrogen (secondary N) is 3. The fourth-order valence-corrected chi connectivity index (χ4v) is 4.00. The molecule has 3 amide bonds. The van der Waals surface area contributed by atoms with E-state index in [-0.39, 0.29) is 23.8 Å². The largest absolute Gasteiger partial charge is 0.480 e. The Labute approximate surface area is 206 Å². The monoisotopic (exact) mass is 501 g/mol. The highest BCUT2D eigenvalue weighted by molar-refractivity contribution is 6.30. The molecule has 0 aliphatic carbocycles. The molecule has 0 saturated carbocycles. The summed E-state index contributed by atoms with van der Waals surface area (Å²) in [6.07, 6.45) is 3.01.